The van der Waals surface area contributed by atoms with Crippen molar-refractivity contribution in [3.05, 3.63) is 22.8 Å². The number of hydrogen-bond donors (Lipinski definition) is 0. The highest BCUT2D eigenvalue weighted by Gasteiger charge is 2.38. The molecule has 0 aliphatic heterocycles. The van der Waals surface area contributed by atoms with Crippen LogP contribution in [0.15, 0.2) is 22.8 Å². The van der Waals surface area contributed by atoms with Gasteiger partial charge in [-0.15, -0.1) is 0 Å². The van der Waals surface area contributed by atoms with Gasteiger partial charge in [-0.2, -0.15) is 0 Å². The van der Waals surface area contributed by atoms with Crippen molar-refractivity contribution >= 4 is 5.97 Å². The summed E-state index contributed by atoms with van der Waals surface area (Å²) in [6.45, 7) is 10.5. The molecule has 1 saturated carbocycles. The smallest absolute Gasteiger partial charge is 0.303 e. The number of ether oxygens (including phenoxy) is 1. The summed E-state index contributed by atoms with van der Waals surface area (Å²) < 4.78 is 5.42. The molecule has 2 nitrogen and oxygen atoms in total. The number of carbonyl (C=O) groups is 1. The quantitative estimate of drug-likeness (QED) is 0.521. The van der Waals surface area contributed by atoms with Gasteiger partial charge in [0.15, 0.2) is 0 Å². The Labute approximate surface area is 116 Å². The maximum absolute atomic E-state index is 11.2. The highest BCUT2D eigenvalue weighted by Crippen LogP contribution is 2.48. The first-order valence-corrected chi connectivity index (χ1v) is 7.39. The van der Waals surface area contributed by atoms with Crippen LogP contribution in [0.2, 0.25) is 0 Å². The number of fused-ring (bicyclic) bond motifs is 1. The third kappa shape index (κ3) is 3.10. The Bertz CT molecular complexity index is 427. The lowest BCUT2D eigenvalue weighted by atomic mass is 9.82. The van der Waals surface area contributed by atoms with E-state index in [1.165, 1.54) is 30.9 Å². The predicted molar refractivity (Wildman–Crippen MR) is 77.7 cm³/mol. The van der Waals surface area contributed by atoms with Gasteiger partial charge < -0.3 is 4.74 Å². The minimum atomic E-state index is -0.168. The lowest BCUT2D eigenvalue weighted by molar-refractivity contribution is -0.144. The van der Waals surface area contributed by atoms with E-state index in [9.17, 15) is 4.79 Å². The third-order valence-corrected chi connectivity index (χ3v) is 4.86. The van der Waals surface area contributed by atoms with Gasteiger partial charge in [-0.25, -0.2) is 0 Å². The molecule has 0 aromatic heterocycles. The number of carbonyl (C=O) groups excluding carboxylic acids is 1. The summed E-state index contributed by atoms with van der Waals surface area (Å²) in [7, 11) is 0. The number of rotatable bonds is 1. The average molecular weight is 262 g/mol. The Balaban J connectivity index is 2.22. The summed E-state index contributed by atoms with van der Waals surface area (Å²) in [5.41, 5.74) is 4.54. The van der Waals surface area contributed by atoms with Crippen molar-refractivity contribution in [1.82, 2.24) is 0 Å². The maximum Gasteiger partial charge on any atom is 0.303 e. The van der Waals surface area contributed by atoms with Crippen molar-refractivity contribution in [3.63, 3.8) is 0 Å². The van der Waals surface area contributed by atoms with Crippen LogP contribution in [0.5, 0.6) is 0 Å². The van der Waals surface area contributed by atoms with E-state index in [1.807, 2.05) is 0 Å². The largest absolute Gasteiger partial charge is 0.458 e. The van der Waals surface area contributed by atoms with E-state index in [-0.39, 0.29) is 12.1 Å². The molecule has 0 aromatic carbocycles. The second-order valence-electron chi connectivity index (χ2n) is 6.55. The molecule has 106 valence electrons. The Morgan fingerprint density at radius 1 is 1.26 bits per heavy atom. The lowest BCUT2D eigenvalue weighted by Crippen LogP contribution is -2.20. The topological polar surface area (TPSA) is 26.3 Å². The van der Waals surface area contributed by atoms with Gasteiger partial charge in [-0.1, -0.05) is 23.6 Å². The molecule has 0 unspecified atom stereocenters. The summed E-state index contributed by atoms with van der Waals surface area (Å²) >= 11 is 0. The first kappa shape index (κ1) is 14.4. The number of allylic oxidation sites excluding steroid dienone is 3. The minimum absolute atomic E-state index is 0.0201. The molecule has 1 fully saturated rings. The van der Waals surface area contributed by atoms with Crippen molar-refractivity contribution in [3.8, 4) is 0 Å². The summed E-state index contributed by atoms with van der Waals surface area (Å²) in [6, 6.07) is 0. The molecule has 4 atom stereocenters. The van der Waals surface area contributed by atoms with Crippen LogP contribution in [0.25, 0.3) is 0 Å². The fraction of sp³-hybridized carbons (Fsp3) is 0.706. The van der Waals surface area contributed by atoms with E-state index >= 15 is 0 Å². The molecule has 0 bridgehead atoms. The van der Waals surface area contributed by atoms with Crippen LogP contribution >= 0.6 is 0 Å². The summed E-state index contributed by atoms with van der Waals surface area (Å²) in [4.78, 5) is 11.2. The van der Waals surface area contributed by atoms with E-state index in [4.69, 9.17) is 4.74 Å². The van der Waals surface area contributed by atoms with Gasteiger partial charge in [0.25, 0.3) is 0 Å². The van der Waals surface area contributed by atoms with E-state index in [0.717, 1.165) is 12.3 Å². The van der Waals surface area contributed by atoms with Crippen LogP contribution in [0.4, 0.5) is 0 Å². The predicted octanol–water partition coefficient (Wildman–Crippen LogP) is 4.27. The van der Waals surface area contributed by atoms with Crippen LogP contribution in [-0.2, 0) is 9.53 Å². The first-order chi connectivity index (χ1) is 8.88. The lowest BCUT2D eigenvalue weighted by Gasteiger charge is -2.24. The molecular weight excluding hydrogens is 236 g/mol. The Hall–Kier alpha value is -1.05. The van der Waals surface area contributed by atoms with E-state index in [0.29, 0.717) is 11.8 Å². The monoisotopic (exact) mass is 262 g/mol. The fourth-order valence-electron chi connectivity index (χ4n) is 3.75. The van der Waals surface area contributed by atoms with E-state index in [2.05, 4.69) is 33.8 Å². The van der Waals surface area contributed by atoms with Gasteiger partial charge in [0, 0.05) is 6.92 Å². The SMILES string of the molecule is CC(=O)O[C@@H]1C=C(C)[C@@H]2CC(=C(C)C)C[C@H]2[C@H](C)C1. The molecule has 0 radical (unpaired) electrons. The number of esters is 1. The van der Waals surface area contributed by atoms with Gasteiger partial charge >= 0.3 is 5.97 Å². The molecule has 0 amide bonds. The standard InChI is InChI=1S/C17H26O2/c1-10(2)14-8-16-11(3)6-15(19-13(5)18)7-12(4)17(16)9-14/h6,12,15-17H,7-9H2,1-5H3/t12-,15-,16+,17+/m1/s1. The fourth-order valence-corrected chi connectivity index (χ4v) is 3.75. The normalized spacial score (nSPS) is 34.4. The second kappa shape index (κ2) is 5.52. The van der Waals surface area contributed by atoms with Crippen LogP contribution in [0.3, 0.4) is 0 Å². The van der Waals surface area contributed by atoms with Gasteiger partial charge in [-0.05, 0) is 63.9 Å². The van der Waals surface area contributed by atoms with Crippen molar-refractivity contribution < 1.29 is 9.53 Å². The highest BCUT2D eigenvalue weighted by atomic mass is 16.5. The highest BCUT2D eigenvalue weighted by molar-refractivity contribution is 5.66. The minimum Gasteiger partial charge on any atom is -0.458 e. The van der Waals surface area contributed by atoms with Gasteiger partial charge in [-0.3, -0.25) is 4.79 Å². The average Bonchev–Trinajstić information content (AvgIpc) is 2.68. The molecule has 2 aliphatic rings. The van der Waals surface area contributed by atoms with Crippen LogP contribution in [0.1, 0.15) is 53.9 Å². The molecule has 0 spiro atoms. The zero-order chi connectivity index (χ0) is 14.2. The zero-order valence-corrected chi connectivity index (χ0v) is 12.8. The van der Waals surface area contributed by atoms with Gasteiger partial charge in [0.2, 0.25) is 0 Å². The molecule has 0 N–H and O–H groups in total. The Kier molecular flexibility index (Phi) is 4.17. The Morgan fingerprint density at radius 3 is 2.53 bits per heavy atom. The maximum atomic E-state index is 11.2. The first-order valence-electron chi connectivity index (χ1n) is 7.39. The van der Waals surface area contributed by atoms with Gasteiger partial charge in [0.1, 0.15) is 6.10 Å². The van der Waals surface area contributed by atoms with Crippen molar-refractivity contribution in [1.29, 1.82) is 0 Å². The number of hydrogen-bond acceptors (Lipinski definition) is 2. The summed E-state index contributed by atoms with van der Waals surface area (Å²) in [6.07, 6.45) is 5.57. The molecular formula is C17H26O2. The molecule has 2 aliphatic carbocycles. The molecule has 2 heteroatoms. The van der Waals surface area contributed by atoms with Crippen molar-refractivity contribution in [2.45, 2.75) is 60.0 Å². The molecule has 2 rings (SSSR count). The van der Waals surface area contributed by atoms with Crippen molar-refractivity contribution in [2.75, 3.05) is 0 Å². The summed E-state index contributed by atoms with van der Waals surface area (Å²) in [5, 5.41) is 0. The van der Waals surface area contributed by atoms with Crippen LogP contribution in [-0.4, -0.2) is 12.1 Å². The van der Waals surface area contributed by atoms with Crippen LogP contribution < -0.4 is 0 Å². The van der Waals surface area contributed by atoms with Crippen LogP contribution in [0, 0.1) is 17.8 Å². The van der Waals surface area contributed by atoms with E-state index in [1.54, 1.807) is 5.57 Å². The molecule has 0 heterocycles. The third-order valence-electron chi connectivity index (χ3n) is 4.86. The second-order valence-corrected chi connectivity index (χ2v) is 6.55. The zero-order valence-electron chi connectivity index (χ0n) is 12.8. The van der Waals surface area contributed by atoms with Gasteiger partial charge in [0.05, 0.1) is 0 Å². The van der Waals surface area contributed by atoms with Crippen molar-refractivity contribution in [2.24, 2.45) is 17.8 Å². The Morgan fingerprint density at radius 2 is 1.95 bits per heavy atom. The molecule has 19 heavy (non-hydrogen) atoms. The summed E-state index contributed by atoms with van der Waals surface area (Å²) in [5.74, 6) is 1.82. The van der Waals surface area contributed by atoms with E-state index < -0.39 is 0 Å². The molecule has 0 saturated heterocycles. The molecule has 0 aromatic rings.